The Labute approximate surface area is 146 Å². The summed E-state index contributed by atoms with van der Waals surface area (Å²) in [5.74, 6) is 0.0285. The lowest BCUT2D eigenvalue weighted by Crippen LogP contribution is -2.34. The molecule has 132 valence electrons. The number of nitrogens with zero attached hydrogens (tertiary/aromatic N) is 1. The topological polar surface area (TPSA) is 65.1 Å². The van der Waals surface area contributed by atoms with E-state index < -0.39 is 5.97 Å². The van der Waals surface area contributed by atoms with Crippen LogP contribution in [0.25, 0.3) is 0 Å². The van der Waals surface area contributed by atoms with Crippen molar-refractivity contribution in [3.63, 3.8) is 0 Å². The highest BCUT2D eigenvalue weighted by atomic mass is 16.5. The van der Waals surface area contributed by atoms with Gasteiger partial charge in [-0.25, -0.2) is 4.79 Å². The molecule has 6 heteroatoms. The molecule has 0 atom stereocenters. The van der Waals surface area contributed by atoms with Gasteiger partial charge in [-0.2, -0.15) is 0 Å². The summed E-state index contributed by atoms with van der Waals surface area (Å²) in [6.45, 7) is 1.99. The van der Waals surface area contributed by atoms with Gasteiger partial charge in [0, 0.05) is 18.3 Å². The molecule has 0 fully saturated rings. The molecule has 0 saturated heterocycles. The molecular formula is C19H21NO5. The zero-order valence-electron chi connectivity index (χ0n) is 14.5. The zero-order valence-corrected chi connectivity index (χ0v) is 14.5. The number of carbonyl (C=O) groups excluding carboxylic acids is 2. The normalized spacial score (nSPS) is 10.0. The molecule has 0 aromatic heterocycles. The summed E-state index contributed by atoms with van der Waals surface area (Å²) < 4.78 is 15.4. The van der Waals surface area contributed by atoms with E-state index in [1.54, 1.807) is 11.0 Å². The third-order valence-corrected chi connectivity index (χ3v) is 3.60. The maximum Gasteiger partial charge on any atom is 0.338 e. The van der Waals surface area contributed by atoms with Crippen molar-refractivity contribution >= 4 is 17.6 Å². The van der Waals surface area contributed by atoms with Crippen molar-refractivity contribution in [2.45, 2.75) is 6.92 Å². The lowest BCUT2D eigenvalue weighted by molar-refractivity contribution is -0.121. The van der Waals surface area contributed by atoms with Gasteiger partial charge in [-0.15, -0.1) is 0 Å². The number of para-hydroxylation sites is 1. The third kappa shape index (κ3) is 4.73. The fraction of sp³-hybridized carbons (Fsp3) is 0.263. The van der Waals surface area contributed by atoms with Crippen LogP contribution in [0.5, 0.6) is 11.5 Å². The van der Waals surface area contributed by atoms with E-state index in [1.807, 2.05) is 37.3 Å². The highest BCUT2D eigenvalue weighted by Gasteiger charge is 2.17. The van der Waals surface area contributed by atoms with Gasteiger partial charge in [-0.05, 0) is 31.2 Å². The highest BCUT2D eigenvalue weighted by molar-refractivity contribution is 5.97. The Morgan fingerprint density at radius 3 is 2.08 bits per heavy atom. The van der Waals surface area contributed by atoms with Crippen LogP contribution >= 0.6 is 0 Å². The number of hydrogen-bond donors (Lipinski definition) is 0. The molecule has 0 saturated carbocycles. The number of methoxy groups -OCH3 is 2. The molecule has 0 aliphatic heterocycles. The van der Waals surface area contributed by atoms with Gasteiger partial charge in [0.05, 0.1) is 19.8 Å². The summed E-state index contributed by atoms with van der Waals surface area (Å²) in [5, 5.41) is 0. The van der Waals surface area contributed by atoms with Crippen molar-refractivity contribution in [2.24, 2.45) is 0 Å². The zero-order chi connectivity index (χ0) is 18.2. The molecule has 0 radical (unpaired) electrons. The van der Waals surface area contributed by atoms with Gasteiger partial charge in [-0.1, -0.05) is 18.2 Å². The molecule has 25 heavy (non-hydrogen) atoms. The lowest BCUT2D eigenvalue weighted by Gasteiger charge is -2.20. The number of hydrogen-bond acceptors (Lipinski definition) is 5. The van der Waals surface area contributed by atoms with E-state index >= 15 is 0 Å². The molecular weight excluding hydrogens is 322 g/mol. The minimum absolute atomic E-state index is 0.256. The maximum absolute atomic E-state index is 12.4. The Balaban J connectivity index is 2.05. The number of amides is 1. The van der Waals surface area contributed by atoms with Crippen LogP contribution in [0.2, 0.25) is 0 Å². The largest absolute Gasteiger partial charge is 0.497 e. The third-order valence-electron chi connectivity index (χ3n) is 3.60. The first-order valence-corrected chi connectivity index (χ1v) is 7.84. The first-order chi connectivity index (χ1) is 12.1. The number of benzene rings is 2. The molecule has 1 amide bonds. The number of ether oxygens (including phenoxy) is 3. The smallest absolute Gasteiger partial charge is 0.338 e. The van der Waals surface area contributed by atoms with Crippen molar-refractivity contribution in [1.29, 1.82) is 0 Å². The van der Waals surface area contributed by atoms with Crippen molar-refractivity contribution in [3.05, 3.63) is 54.1 Å². The molecule has 6 nitrogen and oxygen atoms in total. The molecule has 2 aromatic carbocycles. The first-order valence-electron chi connectivity index (χ1n) is 7.84. The Bertz CT molecular complexity index is 708. The van der Waals surface area contributed by atoms with Gasteiger partial charge in [0.2, 0.25) is 0 Å². The summed E-state index contributed by atoms with van der Waals surface area (Å²) in [4.78, 5) is 26.1. The van der Waals surface area contributed by atoms with E-state index in [1.165, 1.54) is 26.4 Å². The summed E-state index contributed by atoms with van der Waals surface area (Å²) in [5.41, 5.74) is 1.01. The minimum Gasteiger partial charge on any atom is -0.497 e. The van der Waals surface area contributed by atoms with E-state index in [4.69, 9.17) is 14.2 Å². The van der Waals surface area contributed by atoms with Crippen LogP contribution in [0, 0.1) is 0 Å². The van der Waals surface area contributed by atoms with E-state index in [0.717, 1.165) is 5.69 Å². The van der Waals surface area contributed by atoms with Crippen LogP contribution in [0.3, 0.4) is 0 Å². The van der Waals surface area contributed by atoms with Crippen molar-refractivity contribution in [1.82, 2.24) is 0 Å². The van der Waals surface area contributed by atoms with Crippen LogP contribution in [0.1, 0.15) is 17.3 Å². The van der Waals surface area contributed by atoms with Gasteiger partial charge < -0.3 is 19.1 Å². The van der Waals surface area contributed by atoms with Gasteiger partial charge in [0.25, 0.3) is 5.91 Å². The number of carbonyl (C=O) groups is 2. The molecule has 0 unspecified atom stereocenters. The molecule has 0 aliphatic rings. The standard InChI is InChI=1S/C19H21NO5/c1-4-20(15-8-6-5-7-9-15)18(21)13-25-19(22)14-10-16(23-2)12-17(11-14)24-3/h5-12H,4,13H2,1-3H3. The summed E-state index contributed by atoms with van der Waals surface area (Å²) in [7, 11) is 2.98. The molecule has 0 heterocycles. The number of esters is 1. The van der Waals surface area contributed by atoms with Crippen LogP contribution in [0.15, 0.2) is 48.5 Å². The number of rotatable bonds is 7. The maximum atomic E-state index is 12.4. The Kier molecular flexibility index (Phi) is 6.39. The highest BCUT2D eigenvalue weighted by Crippen LogP contribution is 2.23. The fourth-order valence-corrected chi connectivity index (χ4v) is 2.32. The second-order valence-electron chi connectivity index (χ2n) is 5.15. The lowest BCUT2D eigenvalue weighted by atomic mass is 10.2. The number of likely N-dealkylation sites (N-methyl/N-ethyl adjacent to an activating group) is 1. The molecule has 0 bridgehead atoms. The van der Waals surface area contributed by atoms with Gasteiger partial charge in [0.1, 0.15) is 11.5 Å². The average Bonchev–Trinajstić information content (AvgIpc) is 2.67. The average molecular weight is 343 g/mol. The van der Waals surface area contributed by atoms with Gasteiger partial charge in [0.15, 0.2) is 6.61 Å². The first kappa shape index (κ1) is 18.3. The van der Waals surface area contributed by atoms with Crippen LogP contribution in [-0.2, 0) is 9.53 Å². The van der Waals surface area contributed by atoms with E-state index in [2.05, 4.69) is 0 Å². The molecule has 0 N–H and O–H groups in total. The predicted octanol–water partition coefficient (Wildman–Crippen LogP) is 2.91. The Morgan fingerprint density at radius 1 is 0.960 bits per heavy atom. The molecule has 2 aromatic rings. The minimum atomic E-state index is -0.616. The predicted molar refractivity (Wildman–Crippen MR) is 94.3 cm³/mol. The van der Waals surface area contributed by atoms with Crippen LogP contribution in [-0.4, -0.2) is 39.2 Å². The van der Waals surface area contributed by atoms with Crippen molar-refractivity contribution < 1.29 is 23.8 Å². The fourth-order valence-electron chi connectivity index (χ4n) is 2.32. The van der Waals surface area contributed by atoms with Crippen LogP contribution in [0.4, 0.5) is 5.69 Å². The second kappa shape index (κ2) is 8.73. The summed E-state index contributed by atoms with van der Waals surface area (Å²) in [6, 6.07) is 13.9. The molecule has 2 rings (SSSR count). The van der Waals surface area contributed by atoms with Crippen LogP contribution < -0.4 is 14.4 Å². The summed E-state index contributed by atoms with van der Waals surface area (Å²) >= 11 is 0. The molecule has 0 aliphatic carbocycles. The summed E-state index contributed by atoms with van der Waals surface area (Å²) in [6.07, 6.45) is 0. The van der Waals surface area contributed by atoms with Crippen molar-refractivity contribution in [3.8, 4) is 11.5 Å². The Morgan fingerprint density at radius 2 is 1.56 bits per heavy atom. The van der Waals surface area contributed by atoms with Crippen molar-refractivity contribution in [2.75, 3.05) is 32.3 Å². The number of anilines is 1. The van der Waals surface area contributed by atoms with Gasteiger partial charge >= 0.3 is 5.97 Å². The monoisotopic (exact) mass is 343 g/mol. The SMILES string of the molecule is CCN(C(=O)COC(=O)c1cc(OC)cc(OC)c1)c1ccccc1. The quantitative estimate of drug-likeness (QED) is 0.723. The second-order valence-corrected chi connectivity index (χ2v) is 5.15. The Hall–Kier alpha value is -3.02. The molecule has 0 spiro atoms. The van der Waals surface area contributed by atoms with Gasteiger partial charge in [-0.3, -0.25) is 4.79 Å². The van der Waals surface area contributed by atoms with E-state index in [0.29, 0.717) is 18.0 Å². The van der Waals surface area contributed by atoms with E-state index in [-0.39, 0.29) is 18.1 Å². The van der Waals surface area contributed by atoms with E-state index in [9.17, 15) is 9.59 Å².